The molecule has 2 atom stereocenters. The topological polar surface area (TPSA) is 21.3 Å². The minimum absolute atomic E-state index is 0.0725. The number of ether oxygens (including phenoxy) is 1. The zero-order valence-corrected chi connectivity index (χ0v) is 14.7. The SMILES string of the molecule is COc1ccc2c(c1)[C@@](C)(c1ccccc1)C[C@@H](c1ccccc1)N2. The number of benzene rings is 3. The first-order chi connectivity index (χ1) is 12.2. The van der Waals surface area contributed by atoms with Gasteiger partial charge in [-0.2, -0.15) is 0 Å². The molecule has 0 bridgehead atoms. The van der Waals surface area contributed by atoms with Gasteiger partial charge in [-0.3, -0.25) is 0 Å². The maximum atomic E-state index is 5.49. The fraction of sp³-hybridized carbons (Fsp3) is 0.217. The normalized spacial score (nSPS) is 21.9. The van der Waals surface area contributed by atoms with Crippen molar-refractivity contribution >= 4 is 5.69 Å². The van der Waals surface area contributed by atoms with Crippen molar-refractivity contribution < 1.29 is 4.74 Å². The van der Waals surface area contributed by atoms with E-state index in [2.05, 4.69) is 85.0 Å². The molecule has 0 spiro atoms. The zero-order chi connectivity index (χ0) is 17.3. The molecule has 0 aromatic heterocycles. The molecule has 0 saturated carbocycles. The first-order valence-corrected chi connectivity index (χ1v) is 8.76. The zero-order valence-electron chi connectivity index (χ0n) is 14.7. The van der Waals surface area contributed by atoms with Crippen LogP contribution in [-0.4, -0.2) is 7.11 Å². The summed E-state index contributed by atoms with van der Waals surface area (Å²) >= 11 is 0. The van der Waals surface area contributed by atoms with Crippen molar-refractivity contribution in [1.82, 2.24) is 0 Å². The maximum Gasteiger partial charge on any atom is 0.119 e. The first-order valence-electron chi connectivity index (χ1n) is 8.76. The van der Waals surface area contributed by atoms with Gasteiger partial charge in [0.1, 0.15) is 5.75 Å². The number of anilines is 1. The van der Waals surface area contributed by atoms with E-state index in [9.17, 15) is 0 Å². The van der Waals surface area contributed by atoms with Crippen LogP contribution in [0.2, 0.25) is 0 Å². The Morgan fingerprint density at radius 3 is 2.28 bits per heavy atom. The highest BCUT2D eigenvalue weighted by molar-refractivity contribution is 5.63. The lowest BCUT2D eigenvalue weighted by atomic mass is 9.68. The molecule has 4 rings (SSSR count). The molecule has 0 unspecified atom stereocenters. The number of hydrogen-bond acceptors (Lipinski definition) is 2. The third-order valence-electron chi connectivity index (χ3n) is 5.38. The van der Waals surface area contributed by atoms with Crippen LogP contribution < -0.4 is 10.1 Å². The lowest BCUT2D eigenvalue weighted by molar-refractivity contribution is 0.408. The molecule has 0 aliphatic carbocycles. The summed E-state index contributed by atoms with van der Waals surface area (Å²) in [5, 5.41) is 3.73. The lowest BCUT2D eigenvalue weighted by Gasteiger charge is -2.42. The summed E-state index contributed by atoms with van der Waals surface area (Å²) in [5.74, 6) is 0.904. The fourth-order valence-electron chi connectivity index (χ4n) is 3.96. The second-order valence-electron chi connectivity index (χ2n) is 6.92. The number of rotatable bonds is 3. The second kappa shape index (κ2) is 6.29. The van der Waals surface area contributed by atoms with Gasteiger partial charge in [0.2, 0.25) is 0 Å². The van der Waals surface area contributed by atoms with E-state index in [1.807, 2.05) is 6.07 Å². The van der Waals surface area contributed by atoms with Crippen LogP contribution in [0.3, 0.4) is 0 Å². The van der Waals surface area contributed by atoms with Gasteiger partial charge in [-0.1, -0.05) is 67.6 Å². The van der Waals surface area contributed by atoms with Crippen molar-refractivity contribution in [3.8, 4) is 5.75 Å². The van der Waals surface area contributed by atoms with Crippen molar-refractivity contribution in [2.24, 2.45) is 0 Å². The van der Waals surface area contributed by atoms with E-state index < -0.39 is 0 Å². The summed E-state index contributed by atoms with van der Waals surface area (Å²) < 4.78 is 5.49. The van der Waals surface area contributed by atoms with Crippen LogP contribution in [0.15, 0.2) is 78.9 Å². The number of methoxy groups -OCH3 is 1. The van der Waals surface area contributed by atoms with Gasteiger partial charge in [0.15, 0.2) is 0 Å². The molecule has 0 saturated heterocycles. The van der Waals surface area contributed by atoms with Crippen LogP contribution >= 0.6 is 0 Å². The van der Waals surface area contributed by atoms with E-state index in [1.165, 1.54) is 22.4 Å². The molecule has 1 aliphatic heterocycles. The molecule has 25 heavy (non-hydrogen) atoms. The first kappa shape index (κ1) is 15.8. The molecular formula is C23H23NO. The highest BCUT2D eigenvalue weighted by Crippen LogP contribution is 2.48. The van der Waals surface area contributed by atoms with Crippen LogP contribution in [0.4, 0.5) is 5.69 Å². The molecule has 3 aromatic carbocycles. The quantitative estimate of drug-likeness (QED) is 0.679. The van der Waals surface area contributed by atoms with E-state index in [-0.39, 0.29) is 11.5 Å². The number of fused-ring (bicyclic) bond motifs is 1. The predicted octanol–water partition coefficient (Wildman–Crippen LogP) is 5.56. The number of hydrogen-bond donors (Lipinski definition) is 1. The standard InChI is InChI=1S/C23H23NO/c1-23(18-11-7-4-8-12-18)16-22(17-9-5-3-6-10-17)24-21-14-13-19(25-2)15-20(21)23/h3-15,22,24H,16H2,1-2H3/t22-,23+/m0/s1. The van der Waals surface area contributed by atoms with Gasteiger partial charge in [0.05, 0.1) is 13.2 Å². The predicted molar refractivity (Wildman–Crippen MR) is 103 cm³/mol. The van der Waals surface area contributed by atoms with Crippen molar-refractivity contribution in [3.05, 3.63) is 95.6 Å². The van der Waals surface area contributed by atoms with Crippen LogP contribution in [0.1, 0.15) is 36.1 Å². The molecule has 3 aromatic rings. The highest BCUT2D eigenvalue weighted by Gasteiger charge is 2.38. The monoisotopic (exact) mass is 329 g/mol. The average Bonchev–Trinajstić information content (AvgIpc) is 2.69. The molecule has 0 radical (unpaired) electrons. The van der Waals surface area contributed by atoms with Crippen molar-refractivity contribution in [2.45, 2.75) is 24.8 Å². The van der Waals surface area contributed by atoms with Crippen LogP contribution in [0, 0.1) is 0 Å². The number of nitrogens with one attached hydrogen (secondary N) is 1. The molecule has 1 aliphatic rings. The lowest BCUT2D eigenvalue weighted by Crippen LogP contribution is -2.34. The van der Waals surface area contributed by atoms with Crippen LogP contribution in [-0.2, 0) is 5.41 Å². The van der Waals surface area contributed by atoms with Crippen LogP contribution in [0.5, 0.6) is 5.75 Å². The van der Waals surface area contributed by atoms with E-state index in [0.717, 1.165) is 12.2 Å². The third-order valence-corrected chi connectivity index (χ3v) is 5.38. The third kappa shape index (κ3) is 2.78. The van der Waals surface area contributed by atoms with Gasteiger partial charge >= 0.3 is 0 Å². The maximum absolute atomic E-state index is 5.49. The Kier molecular flexibility index (Phi) is 3.96. The van der Waals surface area contributed by atoms with Gasteiger partial charge < -0.3 is 10.1 Å². The van der Waals surface area contributed by atoms with E-state index in [4.69, 9.17) is 4.74 Å². The van der Waals surface area contributed by atoms with E-state index in [0.29, 0.717) is 0 Å². The van der Waals surface area contributed by atoms with Crippen LogP contribution in [0.25, 0.3) is 0 Å². The van der Waals surface area contributed by atoms with Crippen molar-refractivity contribution in [3.63, 3.8) is 0 Å². The largest absolute Gasteiger partial charge is 0.497 e. The molecule has 0 fully saturated rings. The molecule has 1 heterocycles. The minimum Gasteiger partial charge on any atom is -0.497 e. The van der Waals surface area contributed by atoms with Gasteiger partial charge in [0.25, 0.3) is 0 Å². The van der Waals surface area contributed by atoms with Crippen molar-refractivity contribution in [2.75, 3.05) is 12.4 Å². The smallest absolute Gasteiger partial charge is 0.119 e. The average molecular weight is 329 g/mol. The van der Waals surface area contributed by atoms with E-state index >= 15 is 0 Å². The summed E-state index contributed by atoms with van der Waals surface area (Å²) in [4.78, 5) is 0. The molecule has 0 amide bonds. The second-order valence-corrected chi connectivity index (χ2v) is 6.92. The summed E-state index contributed by atoms with van der Waals surface area (Å²) in [5.41, 5.74) is 5.08. The van der Waals surface area contributed by atoms with Gasteiger partial charge in [-0.15, -0.1) is 0 Å². The summed E-state index contributed by atoms with van der Waals surface area (Å²) in [6.07, 6.45) is 1.00. The Bertz CT molecular complexity index is 860. The molecule has 126 valence electrons. The Hall–Kier alpha value is -2.74. The van der Waals surface area contributed by atoms with Crippen molar-refractivity contribution in [1.29, 1.82) is 0 Å². The molecular weight excluding hydrogens is 306 g/mol. The summed E-state index contributed by atoms with van der Waals surface area (Å²) in [6.45, 7) is 2.34. The Morgan fingerprint density at radius 1 is 0.920 bits per heavy atom. The molecule has 1 N–H and O–H groups in total. The van der Waals surface area contributed by atoms with Gasteiger partial charge in [-0.05, 0) is 41.3 Å². The Morgan fingerprint density at radius 2 is 1.60 bits per heavy atom. The Balaban J connectivity index is 1.86. The van der Waals surface area contributed by atoms with E-state index in [1.54, 1.807) is 7.11 Å². The minimum atomic E-state index is -0.0725. The molecule has 2 nitrogen and oxygen atoms in total. The highest BCUT2D eigenvalue weighted by atomic mass is 16.5. The summed E-state index contributed by atoms with van der Waals surface area (Å²) in [6, 6.07) is 28.1. The Labute approximate surface area is 149 Å². The van der Waals surface area contributed by atoms with Gasteiger partial charge in [-0.25, -0.2) is 0 Å². The van der Waals surface area contributed by atoms with Gasteiger partial charge in [0, 0.05) is 11.1 Å². The fourth-order valence-corrected chi connectivity index (χ4v) is 3.96. The summed E-state index contributed by atoms with van der Waals surface area (Å²) in [7, 11) is 1.73. The molecule has 2 heteroatoms.